The summed E-state index contributed by atoms with van der Waals surface area (Å²) in [7, 11) is 0. The fraction of sp³-hybridized carbons (Fsp3) is 0.341. The van der Waals surface area contributed by atoms with Crippen LogP contribution in [-0.2, 0) is 27.1 Å². The summed E-state index contributed by atoms with van der Waals surface area (Å²) in [5, 5.41) is 4.48. The average molecular weight is 1170 g/mol. The monoisotopic (exact) mass is 1170 g/mol. The first kappa shape index (κ1) is 55.0. The first-order valence-corrected chi connectivity index (χ1v) is 33.3. The molecule has 11 aromatic rings. The van der Waals surface area contributed by atoms with Crippen molar-refractivity contribution < 1.29 is 8.83 Å². The van der Waals surface area contributed by atoms with Crippen molar-refractivity contribution in [1.29, 1.82) is 0 Å². The predicted octanol–water partition coefficient (Wildman–Crippen LogP) is 20.9. The van der Waals surface area contributed by atoms with E-state index >= 15 is 0 Å². The summed E-state index contributed by atoms with van der Waals surface area (Å²) in [6.07, 6.45) is 9.34. The second kappa shape index (κ2) is 18.3. The van der Waals surface area contributed by atoms with Crippen molar-refractivity contribution in [3.05, 3.63) is 198 Å². The molecule has 4 unspecified atom stereocenters. The van der Waals surface area contributed by atoms with Gasteiger partial charge < -0.3 is 28.4 Å². The summed E-state index contributed by atoms with van der Waals surface area (Å²) in [4.78, 5) is 11.0. The van der Waals surface area contributed by atoms with E-state index in [-0.39, 0.29) is 44.9 Å². The molecule has 0 N–H and O–H groups in total. The summed E-state index contributed by atoms with van der Waals surface area (Å²) in [6, 6.07) is 66.2. The summed E-state index contributed by atoms with van der Waals surface area (Å²) in [5.41, 5.74) is 26.0. The Bertz CT molecular complexity index is 4830. The van der Waals surface area contributed by atoms with E-state index in [1.54, 1.807) is 0 Å². The quantitative estimate of drug-likeness (QED) is 0.164. The van der Waals surface area contributed by atoms with Gasteiger partial charge in [-0.25, -0.2) is 0 Å². The summed E-state index contributed by atoms with van der Waals surface area (Å²) < 4.78 is 13.8. The summed E-state index contributed by atoms with van der Waals surface area (Å²) >= 11 is 0. The topological polar surface area (TPSA) is 39.2 Å². The van der Waals surface area contributed by atoms with Gasteiger partial charge in [0.1, 0.15) is 22.3 Å². The number of hydrogen-bond acceptors (Lipinski definition) is 6. The van der Waals surface area contributed by atoms with Crippen LogP contribution in [0.2, 0.25) is 0 Å². The minimum atomic E-state index is -0.231. The zero-order chi connectivity index (χ0) is 61.3. The molecule has 0 spiro atoms. The lowest BCUT2D eigenvalue weighted by molar-refractivity contribution is 0.195. The molecule has 2 aromatic heterocycles. The van der Waals surface area contributed by atoms with Crippen LogP contribution in [0.3, 0.4) is 0 Å². The molecule has 446 valence electrons. The number of anilines is 10. The Labute approximate surface area is 526 Å². The van der Waals surface area contributed by atoms with Gasteiger partial charge in [0.2, 0.25) is 0 Å². The Morgan fingerprint density at radius 3 is 1.26 bits per heavy atom. The second-order valence-corrected chi connectivity index (χ2v) is 31.5. The van der Waals surface area contributed by atoms with E-state index in [0.29, 0.717) is 0 Å². The fourth-order valence-corrected chi connectivity index (χ4v) is 18.3. The van der Waals surface area contributed by atoms with Crippen molar-refractivity contribution in [3.8, 4) is 0 Å². The van der Waals surface area contributed by atoms with E-state index in [0.717, 1.165) is 80.9 Å². The molecule has 0 saturated heterocycles. The molecule has 0 radical (unpaired) electrons. The van der Waals surface area contributed by atoms with Gasteiger partial charge in [-0.05, 0) is 179 Å². The van der Waals surface area contributed by atoms with E-state index < -0.39 is 0 Å². The Morgan fingerprint density at radius 1 is 0.360 bits per heavy atom. The predicted molar refractivity (Wildman–Crippen MR) is 377 cm³/mol. The molecular formula is C82H83BN4O2. The van der Waals surface area contributed by atoms with Crippen LogP contribution in [0, 0.1) is 0 Å². The largest absolute Gasteiger partial charge is 0.456 e. The lowest BCUT2D eigenvalue weighted by Gasteiger charge is -2.51. The number of nitrogens with zero attached hydrogens (tertiary/aromatic N) is 4. The van der Waals surface area contributed by atoms with Crippen LogP contribution in [0.1, 0.15) is 169 Å². The zero-order valence-electron chi connectivity index (χ0n) is 54.5. The third-order valence-corrected chi connectivity index (χ3v) is 23.6. The molecule has 6 aliphatic rings. The van der Waals surface area contributed by atoms with Crippen LogP contribution >= 0.6 is 0 Å². The Morgan fingerprint density at radius 2 is 0.764 bits per heavy atom. The number of fused-ring (bicyclic) bond motifs is 16. The van der Waals surface area contributed by atoms with Gasteiger partial charge in [-0.1, -0.05) is 193 Å². The minimum absolute atomic E-state index is 0.00246. The third-order valence-electron chi connectivity index (χ3n) is 23.6. The fourth-order valence-electron chi connectivity index (χ4n) is 18.3. The normalized spacial score (nSPS) is 22.8. The van der Waals surface area contributed by atoms with Gasteiger partial charge in [-0.3, -0.25) is 0 Å². The van der Waals surface area contributed by atoms with Gasteiger partial charge in [-0.15, -0.1) is 0 Å². The number of benzene rings is 9. The Hall–Kier alpha value is -8.16. The van der Waals surface area contributed by atoms with Crippen molar-refractivity contribution in [1.82, 2.24) is 0 Å². The van der Waals surface area contributed by atoms with E-state index in [2.05, 4.69) is 279 Å². The molecule has 4 atom stereocenters. The lowest BCUT2D eigenvalue weighted by Crippen LogP contribution is -2.61. The van der Waals surface area contributed by atoms with Gasteiger partial charge in [-0.2, -0.15) is 0 Å². The van der Waals surface area contributed by atoms with E-state index in [1.807, 2.05) is 0 Å². The second-order valence-electron chi connectivity index (χ2n) is 31.5. The average Bonchev–Trinajstić information content (AvgIpc) is 1.68. The van der Waals surface area contributed by atoms with E-state index in [1.165, 1.54) is 115 Å². The van der Waals surface area contributed by atoms with Crippen LogP contribution in [0.4, 0.5) is 56.9 Å². The van der Waals surface area contributed by atoms with Gasteiger partial charge >= 0.3 is 0 Å². The van der Waals surface area contributed by atoms with Gasteiger partial charge in [0.05, 0.1) is 33.2 Å². The van der Waals surface area contributed by atoms with Crippen molar-refractivity contribution in [2.75, 3.05) is 19.6 Å². The summed E-state index contributed by atoms with van der Waals surface area (Å²) in [6.45, 7) is 31.6. The van der Waals surface area contributed by atoms with Crippen LogP contribution in [0.25, 0.3) is 43.9 Å². The Kier molecular flexibility index (Phi) is 11.3. The molecule has 2 aliphatic carbocycles. The van der Waals surface area contributed by atoms with E-state index in [9.17, 15) is 0 Å². The van der Waals surface area contributed by atoms with Crippen LogP contribution in [0.15, 0.2) is 179 Å². The number of rotatable bonds is 4. The molecule has 0 amide bonds. The Balaban J connectivity index is 1.02. The number of para-hydroxylation sites is 2. The number of furan rings is 2. The third kappa shape index (κ3) is 7.39. The van der Waals surface area contributed by atoms with Crippen molar-refractivity contribution in [2.45, 2.75) is 180 Å². The molecule has 6 nitrogen and oxygen atoms in total. The highest BCUT2D eigenvalue weighted by Gasteiger charge is 2.60. The van der Waals surface area contributed by atoms with Crippen LogP contribution < -0.4 is 36.0 Å². The van der Waals surface area contributed by atoms with Gasteiger partial charge in [0.25, 0.3) is 6.71 Å². The zero-order valence-corrected chi connectivity index (χ0v) is 54.5. The molecule has 89 heavy (non-hydrogen) atoms. The lowest BCUT2D eigenvalue weighted by atomic mass is 9.33. The molecule has 9 aromatic carbocycles. The van der Waals surface area contributed by atoms with Crippen LogP contribution in [0.5, 0.6) is 0 Å². The highest BCUT2D eigenvalue weighted by Crippen LogP contribution is 2.65. The van der Waals surface area contributed by atoms with Gasteiger partial charge in [0.15, 0.2) is 0 Å². The van der Waals surface area contributed by atoms with Gasteiger partial charge in [0, 0.05) is 67.1 Å². The highest BCUT2D eigenvalue weighted by molar-refractivity contribution is 7.00. The molecule has 2 saturated carbocycles. The molecule has 2 fully saturated rings. The molecular weight excluding hydrogens is 1080 g/mol. The standard InChI is InChI=1S/C82H83BN4O2/c1-76(2,3)50-33-38-61-57(44-50)79(10)40-18-20-42-81(79,12)86(61)53-35-37-60-66(47-53)85(64-27-23-31-72-74(64)56-25-15-17-29-70(56)89-72)68-49-54(87-62-39-34-51(77(4,5)6)45-58(62)80(11)41-19-21-43-82(80,87)13)48-67-75(68)83(60)59-36-32-52(78(7,8)9)46-65(59)84(67)63-26-22-30-71-73(63)55-24-14-16-28-69(55)88-71/h14-17,22-39,44-49H,18-21,40-43H2,1-13H3. The molecule has 6 heterocycles. The van der Waals surface area contributed by atoms with Crippen molar-refractivity contribution in [3.63, 3.8) is 0 Å². The molecule has 4 aliphatic heterocycles. The smallest absolute Gasteiger partial charge is 0.252 e. The number of hydrogen-bond donors (Lipinski definition) is 0. The molecule has 17 rings (SSSR count). The first-order chi connectivity index (χ1) is 42.5. The maximum atomic E-state index is 6.93. The van der Waals surface area contributed by atoms with Crippen LogP contribution in [-0.4, -0.2) is 17.8 Å². The summed E-state index contributed by atoms with van der Waals surface area (Å²) in [5.74, 6) is 0. The maximum absolute atomic E-state index is 6.93. The van der Waals surface area contributed by atoms with Crippen molar-refractivity contribution in [2.24, 2.45) is 0 Å². The first-order valence-electron chi connectivity index (χ1n) is 33.3. The van der Waals surface area contributed by atoms with E-state index in [4.69, 9.17) is 8.83 Å². The molecule has 0 bridgehead atoms. The highest BCUT2D eigenvalue weighted by atomic mass is 16.3. The van der Waals surface area contributed by atoms with Crippen molar-refractivity contribution >= 4 is 124 Å². The SMILES string of the molecule is CC(C)(C)c1ccc2c(c1)N(c1cccc3oc4ccccc4c13)c1cc(N3c4ccc(C(C)(C)C)cc4C4(C)CCCCC34C)cc3c1B2c1ccc(N2c4ccc(C(C)(C)C)cc4C4(C)CCCCC24C)cc1N3c1cccc2oc3ccccc3c12. The minimum Gasteiger partial charge on any atom is -0.456 e. The maximum Gasteiger partial charge on any atom is 0.252 e. The molecule has 7 heteroatoms.